The van der Waals surface area contributed by atoms with Crippen molar-refractivity contribution in [1.82, 2.24) is 10.4 Å². The molecular weight excluding hydrogens is 247 g/mol. The second-order valence-corrected chi connectivity index (χ2v) is 3.83. The molecule has 1 aromatic heterocycles. The number of pyridine rings is 1. The first-order valence-electron chi connectivity index (χ1n) is 5.49. The lowest BCUT2D eigenvalue weighted by molar-refractivity contribution is -0.135. The van der Waals surface area contributed by atoms with Crippen LogP contribution in [0.3, 0.4) is 0 Å². The van der Waals surface area contributed by atoms with E-state index in [0.29, 0.717) is 11.4 Å². The van der Waals surface area contributed by atoms with Gasteiger partial charge in [0.15, 0.2) is 0 Å². The van der Waals surface area contributed by atoms with Crippen LogP contribution in [0.25, 0.3) is 0 Å². The molecular formula is C11H16F3N3O. The molecule has 0 radical (unpaired) electrons. The van der Waals surface area contributed by atoms with Gasteiger partial charge in [-0.25, -0.2) is 4.98 Å². The maximum Gasteiger partial charge on any atom is 0.389 e. The first kappa shape index (κ1) is 14.7. The minimum Gasteiger partial charge on any atom is -0.481 e. The smallest absolute Gasteiger partial charge is 0.389 e. The van der Waals surface area contributed by atoms with E-state index < -0.39 is 18.6 Å². The van der Waals surface area contributed by atoms with Gasteiger partial charge in [-0.2, -0.15) is 13.2 Å². The zero-order valence-electron chi connectivity index (χ0n) is 10.00. The molecule has 7 heteroatoms. The predicted molar refractivity (Wildman–Crippen MR) is 60.8 cm³/mol. The number of methoxy groups -OCH3 is 1. The standard InChI is InChI=1S/C11H16F3N3O/c1-18-10-8(4-3-7-16-10)9(17-15)5-2-6-11(12,13)14/h3-4,7,9,17H,2,5-6,15H2,1H3. The second-order valence-electron chi connectivity index (χ2n) is 3.83. The van der Waals surface area contributed by atoms with Gasteiger partial charge < -0.3 is 4.74 Å². The number of alkyl halides is 3. The molecule has 0 spiro atoms. The Morgan fingerprint density at radius 1 is 1.50 bits per heavy atom. The van der Waals surface area contributed by atoms with Gasteiger partial charge >= 0.3 is 6.18 Å². The summed E-state index contributed by atoms with van der Waals surface area (Å²) >= 11 is 0. The molecule has 102 valence electrons. The van der Waals surface area contributed by atoms with Gasteiger partial charge in [0.1, 0.15) is 0 Å². The van der Waals surface area contributed by atoms with E-state index in [1.165, 1.54) is 7.11 Å². The second kappa shape index (κ2) is 6.55. The molecule has 0 fully saturated rings. The van der Waals surface area contributed by atoms with Gasteiger partial charge in [0.2, 0.25) is 5.88 Å². The Bertz CT molecular complexity index is 371. The molecule has 1 unspecified atom stereocenters. The fraction of sp³-hybridized carbons (Fsp3) is 0.545. The SMILES string of the molecule is COc1ncccc1C(CCCC(F)(F)F)NN. The third-order valence-electron chi connectivity index (χ3n) is 2.52. The normalized spacial score (nSPS) is 13.4. The van der Waals surface area contributed by atoms with Crippen LogP contribution in [-0.2, 0) is 0 Å². The Hall–Kier alpha value is -1.34. The molecule has 18 heavy (non-hydrogen) atoms. The maximum atomic E-state index is 12.1. The molecule has 0 aliphatic heterocycles. The highest BCUT2D eigenvalue weighted by atomic mass is 19.4. The van der Waals surface area contributed by atoms with Crippen LogP contribution in [0.2, 0.25) is 0 Å². The summed E-state index contributed by atoms with van der Waals surface area (Å²) < 4.78 is 41.3. The fourth-order valence-corrected chi connectivity index (χ4v) is 1.67. The average Bonchev–Trinajstić information content (AvgIpc) is 2.33. The van der Waals surface area contributed by atoms with Gasteiger partial charge in [0, 0.05) is 18.2 Å². The number of aromatic nitrogens is 1. The molecule has 1 aromatic rings. The van der Waals surface area contributed by atoms with Gasteiger partial charge in [-0.1, -0.05) is 6.07 Å². The van der Waals surface area contributed by atoms with Crippen LogP contribution in [0, 0.1) is 0 Å². The highest BCUT2D eigenvalue weighted by molar-refractivity contribution is 5.28. The van der Waals surface area contributed by atoms with E-state index in [1.54, 1.807) is 18.3 Å². The molecule has 0 saturated carbocycles. The number of hydrogen-bond acceptors (Lipinski definition) is 4. The van der Waals surface area contributed by atoms with Crippen molar-refractivity contribution in [2.24, 2.45) is 5.84 Å². The van der Waals surface area contributed by atoms with Crippen LogP contribution in [-0.4, -0.2) is 18.3 Å². The average molecular weight is 263 g/mol. The van der Waals surface area contributed by atoms with Crippen LogP contribution in [0.1, 0.15) is 30.9 Å². The minimum atomic E-state index is -4.14. The summed E-state index contributed by atoms with van der Waals surface area (Å²) in [6.45, 7) is 0. The molecule has 1 heterocycles. The molecule has 4 nitrogen and oxygen atoms in total. The van der Waals surface area contributed by atoms with Crippen molar-refractivity contribution >= 4 is 0 Å². The first-order chi connectivity index (χ1) is 8.48. The quantitative estimate of drug-likeness (QED) is 0.611. The molecule has 0 bridgehead atoms. The Morgan fingerprint density at radius 2 is 2.22 bits per heavy atom. The summed E-state index contributed by atoms with van der Waals surface area (Å²) in [4.78, 5) is 3.98. The number of nitrogens with zero attached hydrogens (tertiary/aromatic N) is 1. The van der Waals surface area contributed by atoms with E-state index in [4.69, 9.17) is 10.6 Å². The number of ether oxygens (including phenoxy) is 1. The number of rotatable bonds is 6. The van der Waals surface area contributed by atoms with E-state index >= 15 is 0 Å². The van der Waals surface area contributed by atoms with Crippen LogP contribution in [0.4, 0.5) is 13.2 Å². The third kappa shape index (κ3) is 4.50. The minimum absolute atomic E-state index is 0.00356. The lowest BCUT2D eigenvalue weighted by Crippen LogP contribution is -2.28. The highest BCUT2D eigenvalue weighted by Gasteiger charge is 2.27. The monoisotopic (exact) mass is 263 g/mol. The molecule has 0 saturated heterocycles. The topological polar surface area (TPSA) is 60.2 Å². The summed E-state index contributed by atoms with van der Waals surface area (Å²) in [6.07, 6.45) is -3.16. The van der Waals surface area contributed by atoms with Crippen molar-refractivity contribution < 1.29 is 17.9 Å². The van der Waals surface area contributed by atoms with Crippen LogP contribution >= 0.6 is 0 Å². The first-order valence-corrected chi connectivity index (χ1v) is 5.49. The molecule has 0 aliphatic rings. The third-order valence-corrected chi connectivity index (χ3v) is 2.52. The van der Waals surface area contributed by atoms with Gasteiger partial charge in [-0.05, 0) is 18.9 Å². The van der Waals surface area contributed by atoms with Crippen LogP contribution < -0.4 is 16.0 Å². The molecule has 0 aliphatic carbocycles. The van der Waals surface area contributed by atoms with Crippen LogP contribution in [0.15, 0.2) is 18.3 Å². The fourth-order valence-electron chi connectivity index (χ4n) is 1.67. The van der Waals surface area contributed by atoms with E-state index in [2.05, 4.69) is 10.4 Å². The van der Waals surface area contributed by atoms with Gasteiger partial charge in [0.25, 0.3) is 0 Å². The van der Waals surface area contributed by atoms with Crippen molar-refractivity contribution in [2.45, 2.75) is 31.5 Å². The summed E-state index contributed by atoms with van der Waals surface area (Å²) in [6, 6.07) is 3.01. The van der Waals surface area contributed by atoms with E-state index in [9.17, 15) is 13.2 Å². The number of nitrogens with one attached hydrogen (secondary N) is 1. The largest absolute Gasteiger partial charge is 0.481 e. The maximum absolute atomic E-state index is 12.1. The summed E-state index contributed by atoms with van der Waals surface area (Å²) in [5.74, 6) is 5.73. The lowest BCUT2D eigenvalue weighted by atomic mass is 10.0. The van der Waals surface area contributed by atoms with E-state index in [0.717, 1.165) is 0 Å². The Balaban J connectivity index is 2.65. The Morgan fingerprint density at radius 3 is 2.78 bits per heavy atom. The number of hydrogen-bond donors (Lipinski definition) is 2. The van der Waals surface area contributed by atoms with E-state index in [-0.39, 0.29) is 12.8 Å². The van der Waals surface area contributed by atoms with Crippen LogP contribution in [0.5, 0.6) is 5.88 Å². The zero-order valence-corrected chi connectivity index (χ0v) is 10.00. The van der Waals surface area contributed by atoms with Crippen molar-refractivity contribution in [2.75, 3.05) is 7.11 Å². The zero-order chi connectivity index (χ0) is 13.6. The number of hydrazine groups is 1. The lowest BCUT2D eigenvalue weighted by Gasteiger charge is -2.18. The van der Waals surface area contributed by atoms with Crippen molar-refractivity contribution in [1.29, 1.82) is 0 Å². The number of halogens is 3. The molecule has 0 amide bonds. The van der Waals surface area contributed by atoms with Crippen molar-refractivity contribution in [3.05, 3.63) is 23.9 Å². The van der Waals surface area contributed by atoms with E-state index in [1.807, 2.05) is 0 Å². The molecule has 3 N–H and O–H groups in total. The highest BCUT2D eigenvalue weighted by Crippen LogP contribution is 2.28. The number of nitrogens with two attached hydrogens (primary N) is 1. The van der Waals surface area contributed by atoms with Crippen molar-refractivity contribution in [3.63, 3.8) is 0 Å². The summed E-state index contributed by atoms with van der Waals surface area (Å²) in [7, 11) is 1.45. The van der Waals surface area contributed by atoms with Gasteiger partial charge in [-0.15, -0.1) is 0 Å². The van der Waals surface area contributed by atoms with Gasteiger partial charge in [0.05, 0.1) is 13.2 Å². The Kier molecular flexibility index (Phi) is 5.36. The van der Waals surface area contributed by atoms with Crippen molar-refractivity contribution in [3.8, 4) is 5.88 Å². The molecule has 0 aromatic carbocycles. The summed E-state index contributed by atoms with van der Waals surface area (Å²) in [5.41, 5.74) is 3.15. The molecule has 1 rings (SSSR count). The Labute approximate surface area is 103 Å². The summed E-state index contributed by atoms with van der Waals surface area (Å²) in [5, 5.41) is 0. The molecule has 1 atom stereocenters. The van der Waals surface area contributed by atoms with Gasteiger partial charge in [-0.3, -0.25) is 11.3 Å². The predicted octanol–water partition coefficient (Wildman–Crippen LogP) is 2.33.